The van der Waals surface area contributed by atoms with Gasteiger partial charge in [0.15, 0.2) is 0 Å². The second kappa shape index (κ2) is 8.56. The fourth-order valence-electron chi connectivity index (χ4n) is 4.54. The molecule has 0 bridgehead atoms. The molecule has 2 heterocycles. The van der Waals surface area contributed by atoms with Crippen LogP contribution in [0.25, 0.3) is 21.8 Å². The monoisotopic (exact) mass is 448 g/mol. The Balaban J connectivity index is 1.42. The number of nitrogens with zero attached hydrogens (tertiary/aromatic N) is 3. The van der Waals surface area contributed by atoms with E-state index in [1.165, 1.54) is 10.8 Å². The number of aromatic nitrogens is 2. The zero-order valence-corrected chi connectivity index (χ0v) is 19.1. The average molecular weight is 449 g/mol. The Kier molecular flexibility index (Phi) is 5.61. The molecule has 1 N–H and O–H groups in total. The highest BCUT2D eigenvalue weighted by Gasteiger charge is 2.26. The lowest BCUT2D eigenvalue weighted by Crippen LogP contribution is -2.35. The summed E-state index contributed by atoms with van der Waals surface area (Å²) in [6.45, 7) is 4.62. The van der Waals surface area contributed by atoms with Crippen LogP contribution >= 0.6 is 0 Å². The molecule has 32 heavy (non-hydrogen) atoms. The third-order valence-electron chi connectivity index (χ3n) is 6.27. The van der Waals surface area contributed by atoms with Gasteiger partial charge in [-0.05, 0) is 60.9 Å². The molecule has 7 heteroatoms. The van der Waals surface area contributed by atoms with Crippen molar-refractivity contribution in [2.45, 2.75) is 44.2 Å². The molecule has 3 aromatic carbocycles. The van der Waals surface area contributed by atoms with Gasteiger partial charge in [-0.25, -0.2) is 13.4 Å². The van der Waals surface area contributed by atoms with Crippen LogP contribution in [-0.2, 0) is 23.1 Å². The van der Waals surface area contributed by atoms with Gasteiger partial charge in [-0.2, -0.15) is 4.31 Å². The maximum absolute atomic E-state index is 13.1. The van der Waals surface area contributed by atoms with Crippen LogP contribution in [0.4, 0.5) is 5.69 Å². The van der Waals surface area contributed by atoms with E-state index in [0.29, 0.717) is 24.5 Å². The Morgan fingerprint density at radius 1 is 0.938 bits per heavy atom. The quantitative estimate of drug-likeness (QED) is 0.451. The zero-order chi connectivity index (χ0) is 22.1. The summed E-state index contributed by atoms with van der Waals surface area (Å²) in [6, 6.07) is 19.9. The van der Waals surface area contributed by atoms with E-state index in [2.05, 4.69) is 47.1 Å². The lowest BCUT2D eigenvalue weighted by atomic mass is 10.1. The van der Waals surface area contributed by atoms with Gasteiger partial charge in [0.05, 0.1) is 22.5 Å². The van der Waals surface area contributed by atoms with Crippen molar-refractivity contribution >= 4 is 37.5 Å². The minimum Gasteiger partial charge on any atom is -0.378 e. The van der Waals surface area contributed by atoms with Crippen molar-refractivity contribution in [3.05, 3.63) is 66.5 Å². The molecule has 0 aliphatic carbocycles. The molecule has 0 unspecified atom stereocenters. The minimum atomic E-state index is -3.47. The van der Waals surface area contributed by atoms with Gasteiger partial charge >= 0.3 is 0 Å². The average Bonchev–Trinajstić information content (AvgIpc) is 3.20. The number of fused-ring (bicyclic) bond motifs is 2. The highest BCUT2D eigenvalue weighted by molar-refractivity contribution is 7.89. The summed E-state index contributed by atoms with van der Waals surface area (Å²) in [5.74, 6) is 0.892. The van der Waals surface area contributed by atoms with Crippen molar-refractivity contribution in [2.75, 3.05) is 18.4 Å². The molecule has 0 atom stereocenters. The first-order chi connectivity index (χ1) is 15.6. The Labute approximate surface area is 188 Å². The Bertz CT molecular complexity index is 1370. The van der Waals surface area contributed by atoms with Crippen molar-refractivity contribution in [1.82, 2.24) is 13.9 Å². The Morgan fingerprint density at radius 2 is 1.72 bits per heavy atom. The van der Waals surface area contributed by atoms with Crippen LogP contribution in [0.2, 0.25) is 0 Å². The first-order valence-corrected chi connectivity index (χ1v) is 12.7. The van der Waals surface area contributed by atoms with Gasteiger partial charge in [0.2, 0.25) is 10.0 Å². The normalized spacial score (nSPS) is 15.4. The van der Waals surface area contributed by atoms with Crippen molar-refractivity contribution in [3.63, 3.8) is 0 Å². The fraction of sp³-hybridized carbons (Fsp3) is 0.320. The molecule has 1 aliphatic rings. The predicted octanol–water partition coefficient (Wildman–Crippen LogP) is 5.00. The molecule has 0 spiro atoms. The summed E-state index contributed by atoms with van der Waals surface area (Å²) in [6.07, 6.45) is 2.95. The van der Waals surface area contributed by atoms with E-state index in [9.17, 15) is 8.42 Å². The van der Waals surface area contributed by atoms with Gasteiger partial charge in [0.1, 0.15) is 5.82 Å². The van der Waals surface area contributed by atoms with E-state index >= 15 is 0 Å². The third-order valence-corrected chi connectivity index (χ3v) is 8.16. The number of imidazole rings is 1. The van der Waals surface area contributed by atoms with Crippen LogP contribution in [0.5, 0.6) is 0 Å². The number of nitrogens with one attached hydrogen (secondary N) is 1. The van der Waals surface area contributed by atoms with Crippen LogP contribution in [0.15, 0.2) is 65.6 Å². The summed E-state index contributed by atoms with van der Waals surface area (Å²) in [4.78, 5) is 5.13. The van der Waals surface area contributed by atoms with Crippen LogP contribution in [0, 0.1) is 0 Å². The highest BCUT2D eigenvalue weighted by atomic mass is 32.2. The highest BCUT2D eigenvalue weighted by Crippen LogP contribution is 2.26. The lowest BCUT2D eigenvalue weighted by molar-refractivity contribution is 0.346. The van der Waals surface area contributed by atoms with Crippen molar-refractivity contribution < 1.29 is 8.42 Å². The molecule has 1 aliphatic heterocycles. The fourth-order valence-corrected chi connectivity index (χ4v) is 6.08. The molecule has 1 saturated heterocycles. The molecule has 0 radical (unpaired) electrons. The number of benzene rings is 3. The van der Waals surface area contributed by atoms with Gasteiger partial charge in [0.25, 0.3) is 0 Å². The number of rotatable bonds is 6. The SMILES string of the molecule is CCn1c(CNc2ccc3ccccc3c2)nc2cc(S(=O)(=O)N3CCCCC3)ccc21. The smallest absolute Gasteiger partial charge is 0.243 e. The van der Waals surface area contributed by atoms with Crippen LogP contribution in [0.1, 0.15) is 32.0 Å². The van der Waals surface area contributed by atoms with Crippen molar-refractivity contribution in [1.29, 1.82) is 0 Å². The third kappa shape index (κ3) is 3.87. The minimum absolute atomic E-state index is 0.335. The molecular formula is C25H28N4O2S. The van der Waals surface area contributed by atoms with Crippen molar-refractivity contribution in [3.8, 4) is 0 Å². The summed E-state index contributed by atoms with van der Waals surface area (Å²) in [5.41, 5.74) is 2.72. The van der Waals surface area contributed by atoms with Gasteiger partial charge in [-0.15, -0.1) is 0 Å². The lowest BCUT2D eigenvalue weighted by Gasteiger charge is -2.25. The molecule has 0 amide bonds. The van der Waals surface area contributed by atoms with Gasteiger partial charge in [0, 0.05) is 25.3 Å². The second-order valence-electron chi connectivity index (χ2n) is 8.30. The number of sulfonamides is 1. The van der Waals surface area contributed by atoms with E-state index in [1.54, 1.807) is 16.4 Å². The summed E-state index contributed by atoms with van der Waals surface area (Å²) in [7, 11) is -3.47. The van der Waals surface area contributed by atoms with E-state index in [-0.39, 0.29) is 0 Å². The second-order valence-corrected chi connectivity index (χ2v) is 10.2. The van der Waals surface area contributed by atoms with Crippen LogP contribution in [0.3, 0.4) is 0 Å². The molecule has 6 nitrogen and oxygen atoms in total. The first-order valence-electron chi connectivity index (χ1n) is 11.3. The van der Waals surface area contributed by atoms with Gasteiger partial charge in [-0.3, -0.25) is 0 Å². The van der Waals surface area contributed by atoms with Gasteiger partial charge in [-0.1, -0.05) is 36.8 Å². The summed E-state index contributed by atoms with van der Waals surface area (Å²) < 4.78 is 29.9. The molecule has 166 valence electrons. The Hall–Kier alpha value is -2.90. The molecule has 0 saturated carbocycles. The molecule has 5 rings (SSSR count). The number of piperidine rings is 1. The maximum atomic E-state index is 13.1. The van der Waals surface area contributed by atoms with Crippen LogP contribution < -0.4 is 5.32 Å². The summed E-state index contributed by atoms with van der Waals surface area (Å²) in [5, 5.41) is 5.87. The largest absolute Gasteiger partial charge is 0.378 e. The predicted molar refractivity (Wildman–Crippen MR) is 129 cm³/mol. The van der Waals surface area contributed by atoms with E-state index in [1.807, 2.05) is 18.2 Å². The molecular weight excluding hydrogens is 420 g/mol. The Morgan fingerprint density at radius 3 is 2.50 bits per heavy atom. The standard InChI is InChI=1S/C25H28N4O2S/c1-2-29-24-13-12-22(32(30,31)28-14-6-3-7-15-28)17-23(24)27-25(29)18-26-21-11-10-19-8-4-5-9-20(19)16-21/h4-5,8-13,16-17,26H,2-3,6-7,14-15,18H2,1H3. The molecule has 1 fully saturated rings. The van der Waals surface area contributed by atoms with E-state index in [4.69, 9.17) is 4.98 Å². The zero-order valence-electron chi connectivity index (χ0n) is 18.3. The number of aryl methyl sites for hydroxylation is 1. The van der Waals surface area contributed by atoms with E-state index < -0.39 is 10.0 Å². The first kappa shape index (κ1) is 21.0. The van der Waals surface area contributed by atoms with Gasteiger partial charge < -0.3 is 9.88 Å². The number of hydrogen-bond acceptors (Lipinski definition) is 4. The number of hydrogen-bond donors (Lipinski definition) is 1. The van der Waals surface area contributed by atoms with Crippen LogP contribution in [-0.4, -0.2) is 35.4 Å². The molecule has 4 aromatic rings. The topological polar surface area (TPSA) is 67.2 Å². The summed E-state index contributed by atoms with van der Waals surface area (Å²) >= 11 is 0. The molecule has 1 aromatic heterocycles. The number of anilines is 1. The van der Waals surface area contributed by atoms with Crippen molar-refractivity contribution in [2.24, 2.45) is 0 Å². The maximum Gasteiger partial charge on any atom is 0.243 e. The van der Waals surface area contributed by atoms with E-state index in [0.717, 1.165) is 48.4 Å².